The number of aryl methyl sites for hydroxylation is 1. The third-order valence-corrected chi connectivity index (χ3v) is 2.60. The molecule has 0 bridgehead atoms. The fraction of sp³-hybridized carbons (Fsp3) is 0.800. The number of aromatic nitrogens is 2. The van der Waals surface area contributed by atoms with E-state index in [1.165, 1.54) is 0 Å². The van der Waals surface area contributed by atoms with Crippen LogP contribution in [0.3, 0.4) is 0 Å². The van der Waals surface area contributed by atoms with Gasteiger partial charge in [0.15, 0.2) is 5.82 Å². The third kappa shape index (κ3) is 3.00. The van der Waals surface area contributed by atoms with Gasteiger partial charge in [0.05, 0.1) is 12.6 Å². The van der Waals surface area contributed by atoms with Gasteiger partial charge in [0.2, 0.25) is 5.89 Å². The lowest BCUT2D eigenvalue weighted by Gasteiger charge is -2.27. The summed E-state index contributed by atoms with van der Waals surface area (Å²) >= 11 is 0. The average molecular weight is 211 g/mol. The molecule has 1 N–H and O–H groups in total. The van der Waals surface area contributed by atoms with Crippen LogP contribution in [0, 0.1) is 6.92 Å². The van der Waals surface area contributed by atoms with Crippen LogP contribution in [-0.4, -0.2) is 28.9 Å². The molecule has 84 valence electrons. The average Bonchev–Trinajstić information content (AvgIpc) is 2.62. The van der Waals surface area contributed by atoms with Gasteiger partial charge < -0.3 is 14.6 Å². The second-order valence-corrected chi connectivity index (χ2v) is 4.01. The van der Waals surface area contributed by atoms with Crippen LogP contribution < -0.4 is 5.32 Å². The lowest BCUT2D eigenvalue weighted by atomic mass is 10.0. The maximum atomic E-state index is 5.47. The molecule has 1 saturated heterocycles. The summed E-state index contributed by atoms with van der Waals surface area (Å²) in [6.45, 7) is 5.41. The molecule has 2 unspecified atom stereocenters. The van der Waals surface area contributed by atoms with Gasteiger partial charge in [-0.25, -0.2) is 0 Å². The van der Waals surface area contributed by atoms with Crippen LogP contribution >= 0.6 is 0 Å². The fourth-order valence-electron chi connectivity index (χ4n) is 1.83. The van der Waals surface area contributed by atoms with Crippen LogP contribution in [0.2, 0.25) is 0 Å². The van der Waals surface area contributed by atoms with Crippen LogP contribution in [-0.2, 0) is 11.3 Å². The van der Waals surface area contributed by atoms with Gasteiger partial charge in [-0.3, -0.25) is 0 Å². The molecule has 1 aromatic heterocycles. The summed E-state index contributed by atoms with van der Waals surface area (Å²) in [6, 6.07) is 0.507. The van der Waals surface area contributed by atoms with Crippen LogP contribution in [0.5, 0.6) is 0 Å². The van der Waals surface area contributed by atoms with E-state index in [4.69, 9.17) is 9.26 Å². The Balaban J connectivity index is 1.77. The van der Waals surface area contributed by atoms with Crippen LogP contribution in [0.15, 0.2) is 4.52 Å². The summed E-state index contributed by atoms with van der Waals surface area (Å²) in [7, 11) is 0. The lowest BCUT2D eigenvalue weighted by molar-refractivity contribution is 0.0129. The van der Waals surface area contributed by atoms with Crippen molar-refractivity contribution in [2.75, 3.05) is 6.61 Å². The quantitative estimate of drug-likeness (QED) is 0.809. The summed E-state index contributed by atoms with van der Waals surface area (Å²) in [5, 5.41) is 7.26. The van der Waals surface area contributed by atoms with Crippen LogP contribution in [0.1, 0.15) is 31.5 Å². The van der Waals surface area contributed by atoms with Gasteiger partial charge in [0, 0.05) is 19.6 Å². The van der Waals surface area contributed by atoms with Gasteiger partial charge in [-0.15, -0.1) is 0 Å². The van der Waals surface area contributed by atoms with E-state index in [9.17, 15) is 0 Å². The van der Waals surface area contributed by atoms with E-state index in [1.54, 1.807) is 6.92 Å². The second kappa shape index (κ2) is 4.72. The first-order valence-electron chi connectivity index (χ1n) is 5.38. The van der Waals surface area contributed by atoms with E-state index in [2.05, 4.69) is 22.4 Å². The highest BCUT2D eigenvalue weighted by molar-refractivity contribution is 4.85. The normalized spacial score (nSPS) is 26.8. The van der Waals surface area contributed by atoms with Gasteiger partial charge in [-0.2, -0.15) is 4.98 Å². The van der Waals surface area contributed by atoms with E-state index in [0.717, 1.165) is 25.3 Å². The topological polar surface area (TPSA) is 60.2 Å². The molecule has 2 heterocycles. The number of rotatable bonds is 3. The SMILES string of the molecule is Cc1nc(CNC2CCOC(C)C2)no1. The Hall–Kier alpha value is -0.940. The Kier molecular flexibility index (Phi) is 3.33. The van der Waals surface area contributed by atoms with E-state index in [-0.39, 0.29) is 0 Å². The number of nitrogens with one attached hydrogen (secondary N) is 1. The van der Waals surface area contributed by atoms with Gasteiger partial charge in [-0.05, 0) is 19.8 Å². The number of ether oxygens (including phenoxy) is 1. The molecule has 0 aliphatic carbocycles. The largest absolute Gasteiger partial charge is 0.378 e. The maximum Gasteiger partial charge on any atom is 0.223 e. The smallest absolute Gasteiger partial charge is 0.223 e. The van der Waals surface area contributed by atoms with Crippen molar-refractivity contribution in [2.45, 2.75) is 45.4 Å². The summed E-state index contributed by atoms with van der Waals surface area (Å²) < 4.78 is 10.4. The zero-order valence-corrected chi connectivity index (χ0v) is 9.19. The minimum absolute atomic E-state index is 0.350. The highest BCUT2D eigenvalue weighted by Gasteiger charge is 2.19. The Bertz CT molecular complexity index is 313. The molecule has 0 spiro atoms. The fourth-order valence-corrected chi connectivity index (χ4v) is 1.83. The molecule has 0 radical (unpaired) electrons. The summed E-state index contributed by atoms with van der Waals surface area (Å²) in [6.07, 6.45) is 2.46. The molecule has 5 heteroatoms. The van der Waals surface area contributed by atoms with Crippen LogP contribution in [0.25, 0.3) is 0 Å². The molecule has 5 nitrogen and oxygen atoms in total. The Labute approximate surface area is 89.2 Å². The van der Waals surface area contributed by atoms with Crippen molar-refractivity contribution >= 4 is 0 Å². The first kappa shape index (κ1) is 10.6. The van der Waals surface area contributed by atoms with E-state index >= 15 is 0 Å². The van der Waals surface area contributed by atoms with Crippen LogP contribution in [0.4, 0.5) is 0 Å². The van der Waals surface area contributed by atoms with Crippen molar-refractivity contribution in [3.05, 3.63) is 11.7 Å². The molecule has 1 aromatic rings. The van der Waals surface area contributed by atoms with Crippen molar-refractivity contribution in [3.63, 3.8) is 0 Å². The Morgan fingerprint density at radius 3 is 3.07 bits per heavy atom. The van der Waals surface area contributed by atoms with Crippen molar-refractivity contribution < 1.29 is 9.26 Å². The number of nitrogens with zero attached hydrogens (tertiary/aromatic N) is 2. The van der Waals surface area contributed by atoms with Gasteiger partial charge in [0.1, 0.15) is 0 Å². The molecule has 2 atom stereocenters. The monoisotopic (exact) mass is 211 g/mol. The molecule has 2 rings (SSSR count). The highest BCUT2D eigenvalue weighted by Crippen LogP contribution is 2.13. The molecule has 0 amide bonds. The van der Waals surface area contributed by atoms with Gasteiger partial charge >= 0.3 is 0 Å². The van der Waals surface area contributed by atoms with E-state index in [1.807, 2.05) is 0 Å². The highest BCUT2D eigenvalue weighted by atomic mass is 16.5. The Morgan fingerprint density at radius 1 is 1.53 bits per heavy atom. The van der Waals surface area contributed by atoms with Gasteiger partial charge in [0.25, 0.3) is 0 Å². The second-order valence-electron chi connectivity index (χ2n) is 4.01. The van der Waals surface area contributed by atoms with Crippen molar-refractivity contribution in [1.29, 1.82) is 0 Å². The number of hydrogen-bond donors (Lipinski definition) is 1. The molecular formula is C10H17N3O2. The molecule has 15 heavy (non-hydrogen) atoms. The summed E-state index contributed by atoms with van der Waals surface area (Å²) in [5.41, 5.74) is 0. The molecule has 0 aromatic carbocycles. The zero-order chi connectivity index (χ0) is 10.7. The molecule has 1 aliphatic heterocycles. The molecule has 1 aliphatic rings. The predicted octanol–water partition coefficient (Wildman–Crippen LogP) is 1.04. The van der Waals surface area contributed by atoms with E-state index in [0.29, 0.717) is 24.6 Å². The molecular weight excluding hydrogens is 194 g/mol. The first-order valence-corrected chi connectivity index (χ1v) is 5.38. The minimum atomic E-state index is 0.350. The van der Waals surface area contributed by atoms with Crippen molar-refractivity contribution in [3.8, 4) is 0 Å². The van der Waals surface area contributed by atoms with E-state index < -0.39 is 0 Å². The summed E-state index contributed by atoms with van der Waals surface area (Å²) in [5.74, 6) is 1.35. The molecule has 0 saturated carbocycles. The lowest BCUT2D eigenvalue weighted by Crippen LogP contribution is -2.37. The van der Waals surface area contributed by atoms with Gasteiger partial charge in [-0.1, -0.05) is 5.16 Å². The van der Waals surface area contributed by atoms with Crippen molar-refractivity contribution in [1.82, 2.24) is 15.5 Å². The summed E-state index contributed by atoms with van der Waals surface area (Å²) in [4.78, 5) is 4.14. The third-order valence-electron chi connectivity index (χ3n) is 2.60. The Morgan fingerprint density at radius 2 is 2.40 bits per heavy atom. The molecule has 1 fully saturated rings. The standard InChI is InChI=1S/C10H17N3O2/c1-7-5-9(3-4-14-7)11-6-10-12-8(2)15-13-10/h7,9,11H,3-6H2,1-2H3. The number of hydrogen-bond acceptors (Lipinski definition) is 5. The minimum Gasteiger partial charge on any atom is -0.378 e. The predicted molar refractivity (Wildman–Crippen MR) is 54.3 cm³/mol. The van der Waals surface area contributed by atoms with Crippen molar-refractivity contribution in [2.24, 2.45) is 0 Å². The maximum absolute atomic E-state index is 5.47. The zero-order valence-electron chi connectivity index (χ0n) is 9.19. The first-order chi connectivity index (χ1) is 7.24.